The van der Waals surface area contributed by atoms with Crippen molar-refractivity contribution >= 4 is 29.4 Å². The summed E-state index contributed by atoms with van der Waals surface area (Å²) >= 11 is 0. The molecule has 2 aliphatic rings. The maximum Gasteiger partial charge on any atom is 0.337 e. The molecular weight excluding hydrogens is 537 g/mol. The molecule has 1 N–H and O–H groups in total. The van der Waals surface area contributed by atoms with E-state index in [2.05, 4.69) is 5.32 Å². The van der Waals surface area contributed by atoms with Crippen LogP contribution >= 0.6 is 0 Å². The van der Waals surface area contributed by atoms with Crippen LogP contribution in [0.5, 0.6) is 0 Å². The average molecular weight is 572 g/mol. The fraction of sp³-hybridized carbons (Fsp3) is 0.333. The lowest BCUT2D eigenvalue weighted by molar-refractivity contribution is -0.119. The maximum atomic E-state index is 13.3. The van der Waals surface area contributed by atoms with Crippen LogP contribution in [0.3, 0.4) is 0 Å². The normalized spacial score (nSPS) is 17.2. The van der Waals surface area contributed by atoms with E-state index in [0.29, 0.717) is 54.4 Å². The van der Waals surface area contributed by atoms with Gasteiger partial charge < -0.3 is 19.9 Å². The van der Waals surface area contributed by atoms with Crippen LogP contribution in [-0.2, 0) is 9.53 Å². The van der Waals surface area contributed by atoms with Crippen LogP contribution in [-0.4, -0.2) is 66.3 Å². The number of esters is 1. The van der Waals surface area contributed by atoms with Gasteiger partial charge in [-0.15, -0.1) is 0 Å². The summed E-state index contributed by atoms with van der Waals surface area (Å²) in [6, 6.07) is 17.5. The van der Waals surface area contributed by atoms with Gasteiger partial charge in [-0.1, -0.05) is 12.1 Å². The maximum absolute atomic E-state index is 13.3. The number of rotatable bonds is 6. The predicted octanol–water partition coefficient (Wildman–Crippen LogP) is 5.18. The van der Waals surface area contributed by atoms with Gasteiger partial charge in [-0.25, -0.2) is 9.18 Å². The Morgan fingerprint density at radius 3 is 2.14 bits per heavy atom. The molecule has 1 atom stereocenters. The summed E-state index contributed by atoms with van der Waals surface area (Å²) in [5.41, 5.74) is 3.91. The van der Waals surface area contributed by atoms with E-state index in [0.717, 1.165) is 30.4 Å². The Bertz CT molecular complexity index is 1480. The molecule has 3 aromatic rings. The van der Waals surface area contributed by atoms with Crippen molar-refractivity contribution in [2.45, 2.75) is 44.6 Å². The first kappa shape index (κ1) is 29.0. The zero-order valence-corrected chi connectivity index (χ0v) is 23.8. The molecule has 0 unspecified atom stereocenters. The number of nitrogens with zero attached hydrogens (tertiary/aromatic N) is 2. The van der Waals surface area contributed by atoms with E-state index < -0.39 is 17.8 Å². The Morgan fingerprint density at radius 2 is 1.50 bits per heavy atom. The van der Waals surface area contributed by atoms with Gasteiger partial charge in [0.15, 0.2) is 0 Å². The Hall–Kier alpha value is -4.53. The van der Waals surface area contributed by atoms with Crippen molar-refractivity contribution in [3.8, 4) is 0 Å². The van der Waals surface area contributed by atoms with Gasteiger partial charge in [0.05, 0.1) is 12.7 Å². The molecule has 3 amide bonds. The molecule has 42 heavy (non-hydrogen) atoms. The summed E-state index contributed by atoms with van der Waals surface area (Å²) < 4.78 is 18.0. The highest BCUT2D eigenvalue weighted by atomic mass is 19.1. The molecule has 9 heteroatoms. The van der Waals surface area contributed by atoms with E-state index in [-0.39, 0.29) is 17.7 Å². The van der Waals surface area contributed by atoms with Gasteiger partial charge in [0, 0.05) is 36.4 Å². The number of piperidine rings is 1. The first-order valence-corrected chi connectivity index (χ1v) is 14.2. The summed E-state index contributed by atoms with van der Waals surface area (Å²) in [4.78, 5) is 54.4. The molecule has 8 nitrogen and oxygen atoms in total. The van der Waals surface area contributed by atoms with Gasteiger partial charge in [-0.05, 0) is 104 Å². The van der Waals surface area contributed by atoms with Crippen molar-refractivity contribution in [1.82, 2.24) is 9.80 Å². The number of carbonyl (C=O) groups is 4. The largest absolute Gasteiger partial charge is 0.465 e. The number of halogens is 1. The van der Waals surface area contributed by atoms with Gasteiger partial charge in [0.1, 0.15) is 11.9 Å². The van der Waals surface area contributed by atoms with Crippen LogP contribution < -0.4 is 5.32 Å². The Kier molecular flexibility index (Phi) is 8.66. The number of hydrogen-bond donors (Lipinski definition) is 1. The van der Waals surface area contributed by atoms with Crippen molar-refractivity contribution in [3.05, 3.63) is 100 Å². The zero-order valence-electron chi connectivity index (χ0n) is 23.8. The molecule has 2 aliphatic heterocycles. The molecular formula is C33H34FN3O5. The van der Waals surface area contributed by atoms with Crippen LogP contribution in [0.25, 0.3) is 0 Å². The fourth-order valence-corrected chi connectivity index (χ4v) is 5.84. The fourth-order valence-electron chi connectivity index (χ4n) is 5.84. The third-order valence-electron chi connectivity index (χ3n) is 8.22. The summed E-state index contributed by atoms with van der Waals surface area (Å²) in [5.74, 6) is -1.11. The average Bonchev–Trinajstić information content (AvgIpc) is 3.51. The first-order valence-electron chi connectivity index (χ1n) is 14.2. The third-order valence-corrected chi connectivity index (χ3v) is 8.22. The number of likely N-dealkylation sites (tertiary alicyclic amines) is 2. The molecule has 0 spiro atoms. The predicted molar refractivity (Wildman–Crippen MR) is 156 cm³/mol. The summed E-state index contributed by atoms with van der Waals surface area (Å²) in [6.07, 6.45) is 2.94. The lowest BCUT2D eigenvalue weighted by Crippen LogP contribution is -2.43. The van der Waals surface area contributed by atoms with Gasteiger partial charge in [0.25, 0.3) is 11.8 Å². The number of benzene rings is 3. The van der Waals surface area contributed by atoms with Crippen LogP contribution in [0.2, 0.25) is 0 Å². The summed E-state index contributed by atoms with van der Waals surface area (Å²) in [6.45, 7) is 3.55. The molecule has 2 heterocycles. The molecule has 2 fully saturated rings. The second-order valence-corrected chi connectivity index (χ2v) is 10.9. The number of carbonyl (C=O) groups excluding carboxylic acids is 4. The highest BCUT2D eigenvalue weighted by molar-refractivity contribution is 6.01. The summed E-state index contributed by atoms with van der Waals surface area (Å²) in [7, 11) is 1.33. The highest BCUT2D eigenvalue weighted by Gasteiger charge is 2.34. The quantitative estimate of drug-likeness (QED) is 0.411. The number of anilines is 1. The van der Waals surface area contributed by atoms with E-state index in [1.54, 1.807) is 23.1 Å². The topological polar surface area (TPSA) is 96.0 Å². The van der Waals surface area contributed by atoms with Gasteiger partial charge in [-0.3, -0.25) is 14.4 Å². The Morgan fingerprint density at radius 1 is 0.833 bits per heavy atom. The molecule has 5 rings (SSSR count). The first-order chi connectivity index (χ1) is 20.2. The number of hydrogen-bond acceptors (Lipinski definition) is 5. The smallest absolute Gasteiger partial charge is 0.337 e. The number of amides is 3. The second kappa shape index (κ2) is 12.5. The highest BCUT2D eigenvalue weighted by Crippen LogP contribution is 2.30. The van der Waals surface area contributed by atoms with Crippen LogP contribution in [0.15, 0.2) is 66.7 Å². The van der Waals surface area contributed by atoms with Gasteiger partial charge in [0.2, 0.25) is 5.91 Å². The number of aryl methyl sites for hydroxylation is 1. The summed E-state index contributed by atoms with van der Waals surface area (Å²) in [5, 5.41) is 2.94. The van der Waals surface area contributed by atoms with Crippen molar-refractivity contribution in [3.63, 3.8) is 0 Å². The van der Waals surface area contributed by atoms with Gasteiger partial charge in [-0.2, -0.15) is 0 Å². The van der Waals surface area contributed by atoms with E-state index >= 15 is 0 Å². The van der Waals surface area contributed by atoms with Crippen molar-refractivity contribution in [2.75, 3.05) is 32.1 Å². The molecule has 0 saturated carbocycles. The van der Waals surface area contributed by atoms with Crippen LogP contribution in [0.4, 0.5) is 10.1 Å². The molecule has 0 aliphatic carbocycles. The van der Waals surface area contributed by atoms with Crippen LogP contribution in [0, 0.1) is 12.7 Å². The molecule has 0 bridgehead atoms. The van der Waals surface area contributed by atoms with E-state index in [9.17, 15) is 23.6 Å². The lowest BCUT2D eigenvalue weighted by atomic mass is 9.89. The van der Waals surface area contributed by atoms with Gasteiger partial charge >= 0.3 is 5.97 Å². The minimum atomic E-state index is -0.579. The Labute approximate surface area is 244 Å². The SMILES string of the molecule is COC(=O)c1ccc(C(=O)N2CCC(c3ccc(NC(=O)[C@H]4CCCN4C(=O)c4ccc(F)cc4)cc3)CC2)c(C)c1. The van der Waals surface area contributed by atoms with Crippen molar-refractivity contribution in [2.24, 2.45) is 0 Å². The van der Waals surface area contributed by atoms with E-state index in [4.69, 9.17) is 4.74 Å². The minimum Gasteiger partial charge on any atom is -0.465 e. The van der Waals surface area contributed by atoms with Crippen LogP contribution in [0.1, 0.15) is 73.8 Å². The van der Waals surface area contributed by atoms with E-state index in [1.807, 2.05) is 36.1 Å². The molecule has 0 radical (unpaired) electrons. The molecule has 3 aromatic carbocycles. The number of ether oxygens (including phenoxy) is 1. The van der Waals surface area contributed by atoms with E-state index in [1.165, 1.54) is 31.4 Å². The molecule has 0 aromatic heterocycles. The zero-order chi connectivity index (χ0) is 29.8. The molecule has 2 saturated heterocycles. The number of nitrogens with one attached hydrogen (secondary N) is 1. The Balaban J connectivity index is 1.15. The van der Waals surface area contributed by atoms with Crippen molar-refractivity contribution in [1.29, 1.82) is 0 Å². The lowest BCUT2D eigenvalue weighted by Gasteiger charge is -2.32. The number of methoxy groups -OCH3 is 1. The monoisotopic (exact) mass is 571 g/mol. The standard InChI is InChI=1S/C33H34FN3O5/c1-21-20-25(33(41)42-2)9-14-28(21)32(40)36-18-15-23(16-19-36)22-7-12-27(13-8-22)35-30(38)29-4-3-17-37(29)31(39)24-5-10-26(34)11-6-24/h5-14,20,23,29H,3-4,15-19H2,1-2H3,(H,35,38)/t29-/m1/s1. The second-order valence-electron chi connectivity index (χ2n) is 10.9. The third kappa shape index (κ3) is 6.20. The molecule has 218 valence electrons. The van der Waals surface area contributed by atoms with Crippen molar-refractivity contribution < 1.29 is 28.3 Å². The minimum absolute atomic E-state index is 0.0423.